The third-order valence-corrected chi connectivity index (χ3v) is 3.86. The predicted octanol–water partition coefficient (Wildman–Crippen LogP) is 4.64. The van der Waals surface area contributed by atoms with E-state index in [-0.39, 0.29) is 6.29 Å². The molecule has 1 aliphatic heterocycles. The van der Waals surface area contributed by atoms with Gasteiger partial charge < -0.3 is 9.47 Å². The first-order chi connectivity index (χ1) is 10.2. The predicted molar refractivity (Wildman–Crippen MR) is 82.7 cm³/mol. The van der Waals surface area contributed by atoms with Gasteiger partial charge in [-0.05, 0) is 24.8 Å². The number of ether oxygens (including phenoxy) is 2. The molecule has 2 rings (SSSR count). The Balaban J connectivity index is 1.85. The van der Waals surface area contributed by atoms with E-state index in [9.17, 15) is 4.39 Å². The Morgan fingerprint density at radius 3 is 2.48 bits per heavy atom. The van der Waals surface area contributed by atoms with E-state index < -0.39 is 6.17 Å². The molecule has 0 amide bonds. The monoisotopic (exact) mass is 293 g/mol. The molecule has 1 unspecified atom stereocenters. The largest absolute Gasteiger partial charge is 0.348 e. The van der Waals surface area contributed by atoms with Crippen molar-refractivity contribution in [1.29, 1.82) is 0 Å². The number of hydrogen-bond donors (Lipinski definition) is 0. The minimum absolute atomic E-state index is 0.266. The normalized spacial score (nSPS) is 24.0. The van der Waals surface area contributed by atoms with Crippen molar-refractivity contribution in [1.82, 2.24) is 0 Å². The molecule has 0 aliphatic carbocycles. The molecular weight excluding hydrogens is 267 g/mol. The summed E-state index contributed by atoms with van der Waals surface area (Å²) in [4.78, 5) is 0. The molecule has 1 heterocycles. The van der Waals surface area contributed by atoms with E-state index in [1.165, 1.54) is 0 Å². The number of alkyl halides is 1. The van der Waals surface area contributed by atoms with Crippen molar-refractivity contribution in [3.63, 3.8) is 0 Å². The van der Waals surface area contributed by atoms with E-state index in [0.717, 1.165) is 37.2 Å². The smallest absolute Gasteiger partial charge is 0.183 e. The topological polar surface area (TPSA) is 18.5 Å². The van der Waals surface area contributed by atoms with Crippen molar-refractivity contribution in [2.75, 3.05) is 13.2 Å². The lowest BCUT2D eigenvalue weighted by molar-refractivity contribution is -0.206. The molecule has 0 aromatic heterocycles. The molecule has 0 N–H and O–H groups in total. The molecule has 0 saturated carbocycles. The van der Waals surface area contributed by atoms with Crippen molar-refractivity contribution in [2.45, 2.75) is 52.0 Å². The SMILES string of the molecule is C[CH]CC(F)Cc1ccc(C2OCC(CCC)CO2)cc1. The average molecular weight is 293 g/mol. The van der Waals surface area contributed by atoms with Gasteiger partial charge in [0, 0.05) is 17.9 Å². The van der Waals surface area contributed by atoms with E-state index in [0.29, 0.717) is 18.8 Å². The summed E-state index contributed by atoms with van der Waals surface area (Å²) in [5.74, 6) is 0.517. The van der Waals surface area contributed by atoms with Gasteiger partial charge in [-0.15, -0.1) is 0 Å². The van der Waals surface area contributed by atoms with Gasteiger partial charge in [-0.3, -0.25) is 0 Å². The van der Waals surface area contributed by atoms with Crippen LogP contribution in [0.3, 0.4) is 0 Å². The van der Waals surface area contributed by atoms with Crippen molar-refractivity contribution in [3.8, 4) is 0 Å². The van der Waals surface area contributed by atoms with Crippen LogP contribution in [0, 0.1) is 12.3 Å². The van der Waals surface area contributed by atoms with E-state index in [4.69, 9.17) is 9.47 Å². The zero-order valence-corrected chi connectivity index (χ0v) is 13.1. The summed E-state index contributed by atoms with van der Waals surface area (Å²) in [6.45, 7) is 5.59. The van der Waals surface area contributed by atoms with Crippen LogP contribution in [-0.4, -0.2) is 19.4 Å². The second kappa shape index (κ2) is 8.50. The first-order valence-corrected chi connectivity index (χ1v) is 7.96. The van der Waals surface area contributed by atoms with Crippen LogP contribution in [0.5, 0.6) is 0 Å². The standard InChI is InChI=1S/C18H26FO2/c1-3-5-15-12-20-18(21-13-15)16-9-7-14(8-10-16)11-17(19)6-4-2/h4,7-10,15,17-18H,3,5-6,11-13H2,1-2H3. The average Bonchev–Trinajstić information content (AvgIpc) is 2.49. The maximum atomic E-state index is 13.6. The van der Waals surface area contributed by atoms with Gasteiger partial charge in [-0.1, -0.05) is 44.5 Å². The Morgan fingerprint density at radius 1 is 1.24 bits per heavy atom. The maximum Gasteiger partial charge on any atom is 0.183 e. The summed E-state index contributed by atoms with van der Waals surface area (Å²) in [7, 11) is 0. The summed E-state index contributed by atoms with van der Waals surface area (Å²) >= 11 is 0. The van der Waals surface area contributed by atoms with Gasteiger partial charge in [0.15, 0.2) is 6.29 Å². The van der Waals surface area contributed by atoms with Gasteiger partial charge in [-0.2, -0.15) is 0 Å². The molecule has 1 radical (unpaired) electrons. The second-order valence-electron chi connectivity index (χ2n) is 5.84. The molecule has 2 nitrogen and oxygen atoms in total. The maximum absolute atomic E-state index is 13.6. The fourth-order valence-corrected chi connectivity index (χ4v) is 2.72. The fraction of sp³-hybridized carbons (Fsp3) is 0.611. The zero-order valence-electron chi connectivity index (χ0n) is 13.1. The number of halogens is 1. The lowest BCUT2D eigenvalue weighted by atomic mass is 10.0. The first kappa shape index (κ1) is 16.4. The van der Waals surface area contributed by atoms with E-state index in [2.05, 4.69) is 6.92 Å². The highest BCUT2D eigenvalue weighted by Crippen LogP contribution is 2.27. The van der Waals surface area contributed by atoms with Gasteiger partial charge in [-0.25, -0.2) is 4.39 Å². The van der Waals surface area contributed by atoms with Crippen molar-refractivity contribution in [2.24, 2.45) is 5.92 Å². The molecule has 0 spiro atoms. The Labute approximate surface area is 127 Å². The Morgan fingerprint density at radius 2 is 1.90 bits per heavy atom. The quantitative estimate of drug-likeness (QED) is 0.729. The molecule has 0 bridgehead atoms. The van der Waals surface area contributed by atoms with Crippen LogP contribution in [-0.2, 0) is 15.9 Å². The van der Waals surface area contributed by atoms with Crippen LogP contribution in [0.4, 0.5) is 4.39 Å². The van der Waals surface area contributed by atoms with E-state index in [1.54, 1.807) is 0 Å². The van der Waals surface area contributed by atoms with Crippen LogP contribution in [0.2, 0.25) is 0 Å². The molecule has 3 heteroatoms. The van der Waals surface area contributed by atoms with E-state index >= 15 is 0 Å². The molecular formula is C18H26FO2. The minimum Gasteiger partial charge on any atom is -0.348 e. The Bertz CT molecular complexity index is 396. The molecule has 1 aromatic carbocycles. The first-order valence-electron chi connectivity index (χ1n) is 7.96. The van der Waals surface area contributed by atoms with Crippen LogP contribution >= 0.6 is 0 Å². The van der Waals surface area contributed by atoms with Crippen molar-refractivity contribution < 1.29 is 13.9 Å². The van der Waals surface area contributed by atoms with Gasteiger partial charge in [0.1, 0.15) is 6.17 Å². The van der Waals surface area contributed by atoms with Crippen molar-refractivity contribution >= 4 is 0 Å². The molecule has 21 heavy (non-hydrogen) atoms. The summed E-state index contributed by atoms with van der Waals surface area (Å²) in [6.07, 6.45) is 4.10. The van der Waals surface area contributed by atoms with Gasteiger partial charge in [0.25, 0.3) is 0 Å². The summed E-state index contributed by atoms with van der Waals surface area (Å²) < 4.78 is 25.2. The van der Waals surface area contributed by atoms with Crippen LogP contribution < -0.4 is 0 Å². The Hall–Kier alpha value is -0.930. The highest BCUT2D eigenvalue weighted by Gasteiger charge is 2.22. The van der Waals surface area contributed by atoms with Gasteiger partial charge in [0.05, 0.1) is 13.2 Å². The lowest BCUT2D eigenvalue weighted by Gasteiger charge is -2.29. The molecule has 1 saturated heterocycles. The van der Waals surface area contributed by atoms with Crippen molar-refractivity contribution in [3.05, 3.63) is 41.8 Å². The van der Waals surface area contributed by atoms with Crippen LogP contribution in [0.1, 0.15) is 50.5 Å². The summed E-state index contributed by atoms with van der Waals surface area (Å²) in [5, 5.41) is 0. The molecule has 1 fully saturated rings. The third kappa shape index (κ3) is 5.08. The summed E-state index contributed by atoms with van der Waals surface area (Å²) in [5.41, 5.74) is 2.04. The summed E-state index contributed by atoms with van der Waals surface area (Å²) in [6, 6.07) is 7.93. The molecule has 1 aromatic rings. The lowest BCUT2D eigenvalue weighted by Crippen LogP contribution is -2.26. The molecule has 1 aliphatic rings. The minimum atomic E-state index is -0.794. The van der Waals surface area contributed by atoms with Gasteiger partial charge >= 0.3 is 0 Å². The molecule has 1 atom stereocenters. The molecule has 117 valence electrons. The third-order valence-electron chi connectivity index (χ3n) is 3.86. The number of hydrogen-bond acceptors (Lipinski definition) is 2. The highest BCUT2D eigenvalue weighted by atomic mass is 19.1. The van der Waals surface area contributed by atoms with E-state index in [1.807, 2.05) is 37.6 Å². The fourth-order valence-electron chi connectivity index (χ4n) is 2.72. The zero-order chi connectivity index (χ0) is 15.1. The number of rotatable bonds is 7. The number of benzene rings is 1. The highest BCUT2D eigenvalue weighted by molar-refractivity contribution is 5.24. The second-order valence-corrected chi connectivity index (χ2v) is 5.84. The Kier molecular flexibility index (Phi) is 6.65. The van der Waals surface area contributed by atoms with Gasteiger partial charge in [0.2, 0.25) is 0 Å². The van der Waals surface area contributed by atoms with Crippen LogP contribution in [0.25, 0.3) is 0 Å². The van der Waals surface area contributed by atoms with Crippen LogP contribution in [0.15, 0.2) is 24.3 Å².